The maximum Gasteiger partial charge on any atom is 0.508 e. The van der Waals surface area contributed by atoms with Crippen LogP contribution in [0, 0.1) is 5.41 Å². The number of aliphatic carboxylic acids is 1. The third-order valence-corrected chi connectivity index (χ3v) is 8.01. The molecule has 0 amide bonds. The van der Waals surface area contributed by atoms with Crippen LogP contribution in [0.15, 0.2) is 0 Å². The van der Waals surface area contributed by atoms with E-state index in [0.29, 0.717) is 6.42 Å². The number of guanidine groups is 1. The number of likely N-dealkylation sites (N-methyl/N-ethyl adjacent to an activating group) is 1. The van der Waals surface area contributed by atoms with Crippen LogP contribution in [0.25, 0.3) is 0 Å². The number of nitrogens with one attached hydrogen (secondary N) is 2. The zero-order valence-corrected chi connectivity index (χ0v) is 28.0. The molecule has 0 rings (SSSR count). The Bertz CT molecular complexity index is 805. The Morgan fingerprint density at radius 1 is 0.682 bits per heavy atom. The summed E-state index contributed by atoms with van der Waals surface area (Å²) in [5, 5.41) is 20.1. The Balaban J connectivity index is 4.77. The van der Waals surface area contributed by atoms with Gasteiger partial charge in [0.25, 0.3) is 0 Å². The number of hydrogen-bond acceptors (Lipinski definition) is 11. The maximum atomic E-state index is 13.4. The standard InChI is InChI=1S/C29H56N3O11P/c1-5-8-10-12-14-16-19-38-28(35)40-21-23-42-44(37,31-27(30)32(4)25(18-7-3)26(33)34)43-24-22-41-29(36)39-20-17-15-13-11-9-6-2/h25H,5-24H2,1-4H3,(H,33,34)(H2,30,31,37). The first kappa shape index (κ1) is 41.4. The minimum absolute atomic E-state index is 0.225. The molecule has 1 unspecified atom stereocenters. The molecule has 0 spiro atoms. The molecule has 0 radical (unpaired) electrons. The molecule has 0 aromatic carbocycles. The second-order valence-electron chi connectivity index (χ2n) is 10.3. The minimum Gasteiger partial charge on any atom is -0.480 e. The quantitative estimate of drug-likeness (QED) is 0.0275. The third kappa shape index (κ3) is 22.0. The van der Waals surface area contributed by atoms with Crippen molar-refractivity contribution in [2.45, 2.75) is 117 Å². The van der Waals surface area contributed by atoms with Gasteiger partial charge in [-0.1, -0.05) is 91.4 Å². The first-order valence-corrected chi connectivity index (χ1v) is 17.4. The Labute approximate surface area is 262 Å². The fourth-order valence-electron chi connectivity index (χ4n) is 3.95. The molecule has 0 aromatic rings. The van der Waals surface area contributed by atoms with Crippen molar-refractivity contribution in [2.75, 3.05) is 46.7 Å². The molecule has 15 heteroatoms. The van der Waals surface area contributed by atoms with Crippen LogP contribution in [0.5, 0.6) is 0 Å². The number of carboxylic acids is 1. The average Bonchev–Trinajstić information content (AvgIpc) is 2.99. The van der Waals surface area contributed by atoms with Gasteiger partial charge < -0.3 is 29.0 Å². The number of rotatable bonds is 27. The van der Waals surface area contributed by atoms with Crippen molar-refractivity contribution in [3.8, 4) is 0 Å². The number of carbonyl (C=O) groups excluding carboxylic acids is 2. The molecule has 0 aromatic heterocycles. The molecule has 14 nitrogen and oxygen atoms in total. The Kier molecular flexibility index (Phi) is 25.2. The number of carboxylic acid groups (broad SMARTS) is 1. The monoisotopic (exact) mass is 653 g/mol. The molecule has 0 saturated heterocycles. The lowest BCUT2D eigenvalue weighted by Gasteiger charge is -2.29. The van der Waals surface area contributed by atoms with Gasteiger partial charge in [-0.05, 0) is 19.3 Å². The van der Waals surface area contributed by atoms with Crippen LogP contribution in [0.4, 0.5) is 9.59 Å². The highest BCUT2D eigenvalue weighted by Gasteiger charge is 2.31. The second kappa shape index (κ2) is 26.8. The first-order valence-electron chi connectivity index (χ1n) is 15.9. The average molecular weight is 654 g/mol. The summed E-state index contributed by atoms with van der Waals surface area (Å²) < 4.78 is 43.9. The van der Waals surface area contributed by atoms with Gasteiger partial charge in [-0.3, -0.25) is 19.5 Å². The van der Waals surface area contributed by atoms with E-state index in [1.807, 2.05) is 0 Å². The van der Waals surface area contributed by atoms with Gasteiger partial charge in [-0.15, -0.1) is 0 Å². The SMILES string of the molecule is CCCCCCCCOC(=O)OCCOP(=O)(NC(=N)N(C)C(CCC)C(=O)O)OCCOC(=O)OCCCCCCCC. The lowest BCUT2D eigenvalue weighted by Crippen LogP contribution is -2.47. The van der Waals surface area contributed by atoms with E-state index in [-0.39, 0.29) is 46.1 Å². The van der Waals surface area contributed by atoms with Crippen molar-refractivity contribution < 1.29 is 52.1 Å². The number of nitrogens with zero attached hydrogens (tertiary/aromatic N) is 1. The molecule has 0 aliphatic carbocycles. The summed E-state index contributed by atoms with van der Waals surface area (Å²) in [5.41, 5.74) is 0. The van der Waals surface area contributed by atoms with Gasteiger partial charge in [0.05, 0.1) is 26.4 Å². The van der Waals surface area contributed by atoms with Gasteiger partial charge in [-0.2, -0.15) is 0 Å². The molecule has 44 heavy (non-hydrogen) atoms. The Morgan fingerprint density at radius 3 is 1.50 bits per heavy atom. The predicted octanol–water partition coefficient (Wildman–Crippen LogP) is 6.86. The van der Waals surface area contributed by atoms with E-state index in [4.69, 9.17) is 33.4 Å². The molecule has 3 N–H and O–H groups in total. The number of carbonyl (C=O) groups is 3. The lowest BCUT2D eigenvalue weighted by atomic mass is 10.1. The van der Waals surface area contributed by atoms with Crippen molar-refractivity contribution in [1.29, 1.82) is 5.41 Å². The van der Waals surface area contributed by atoms with Gasteiger partial charge in [-0.25, -0.2) is 18.9 Å². The largest absolute Gasteiger partial charge is 0.508 e. The summed E-state index contributed by atoms with van der Waals surface area (Å²) >= 11 is 0. The van der Waals surface area contributed by atoms with E-state index in [2.05, 4.69) is 18.9 Å². The molecule has 1 atom stereocenters. The minimum atomic E-state index is -4.29. The van der Waals surface area contributed by atoms with Crippen LogP contribution in [0.1, 0.15) is 111 Å². The molecule has 0 bridgehead atoms. The topological polar surface area (TPSA) is 183 Å². The summed E-state index contributed by atoms with van der Waals surface area (Å²) in [6.07, 6.45) is 11.4. The molecule has 258 valence electrons. The molecule has 0 heterocycles. The summed E-state index contributed by atoms with van der Waals surface area (Å²) in [5.74, 6) is -1.67. The van der Waals surface area contributed by atoms with Gasteiger partial charge in [0.2, 0.25) is 5.96 Å². The zero-order chi connectivity index (χ0) is 33.1. The fraction of sp³-hybridized carbons (Fsp3) is 0.862. The molecule has 0 saturated carbocycles. The van der Waals surface area contributed by atoms with Crippen LogP contribution >= 0.6 is 7.75 Å². The summed E-state index contributed by atoms with van der Waals surface area (Å²) in [7, 11) is -2.93. The van der Waals surface area contributed by atoms with Crippen LogP contribution in [-0.4, -0.2) is 87.0 Å². The molecular formula is C29H56N3O11P. The van der Waals surface area contributed by atoms with E-state index in [0.717, 1.165) is 69.1 Å². The highest BCUT2D eigenvalue weighted by molar-refractivity contribution is 7.52. The molecular weight excluding hydrogens is 597 g/mol. The van der Waals surface area contributed by atoms with Gasteiger partial charge in [0.1, 0.15) is 19.3 Å². The van der Waals surface area contributed by atoms with Gasteiger partial charge in [0.15, 0.2) is 0 Å². The third-order valence-electron chi connectivity index (χ3n) is 6.47. The van der Waals surface area contributed by atoms with Gasteiger partial charge in [0, 0.05) is 7.05 Å². The van der Waals surface area contributed by atoms with Crippen molar-refractivity contribution >= 4 is 32.0 Å². The van der Waals surface area contributed by atoms with Crippen molar-refractivity contribution in [3.05, 3.63) is 0 Å². The summed E-state index contributed by atoms with van der Waals surface area (Å²) in [6, 6.07) is -1.05. The van der Waals surface area contributed by atoms with E-state index in [9.17, 15) is 24.1 Å². The van der Waals surface area contributed by atoms with Gasteiger partial charge >= 0.3 is 26.0 Å². The lowest BCUT2D eigenvalue weighted by molar-refractivity contribution is -0.141. The van der Waals surface area contributed by atoms with Crippen LogP contribution in [-0.2, 0) is 37.4 Å². The van der Waals surface area contributed by atoms with Crippen LogP contribution < -0.4 is 5.09 Å². The number of ether oxygens (including phenoxy) is 4. The van der Waals surface area contributed by atoms with Crippen LogP contribution in [0.3, 0.4) is 0 Å². The van der Waals surface area contributed by atoms with E-state index in [1.165, 1.54) is 19.9 Å². The molecule has 0 aliphatic heterocycles. The molecule has 0 aliphatic rings. The van der Waals surface area contributed by atoms with E-state index in [1.54, 1.807) is 6.92 Å². The summed E-state index contributed by atoms with van der Waals surface area (Å²) in [6.45, 7) is 5.13. The number of hydrogen-bond donors (Lipinski definition) is 3. The highest BCUT2D eigenvalue weighted by Crippen LogP contribution is 2.43. The van der Waals surface area contributed by atoms with Crippen molar-refractivity contribution in [2.24, 2.45) is 0 Å². The van der Waals surface area contributed by atoms with E-state index < -0.39 is 38.0 Å². The van der Waals surface area contributed by atoms with Crippen molar-refractivity contribution in [3.63, 3.8) is 0 Å². The second-order valence-corrected chi connectivity index (χ2v) is 12.0. The van der Waals surface area contributed by atoms with Crippen LogP contribution in [0.2, 0.25) is 0 Å². The highest BCUT2D eigenvalue weighted by atomic mass is 31.2. The van der Waals surface area contributed by atoms with Crippen molar-refractivity contribution in [1.82, 2.24) is 9.99 Å². The Morgan fingerprint density at radius 2 is 1.09 bits per heavy atom. The summed E-state index contributed by atoms with van der Waals surface area (Å²) in [4.78, 5) is 36.4. The first-order chi connectivity index (χ1) is 21.1. The zero-order valence-electron chi connectivity index (χ0n) is 27.1. The predicted molar refractivity (Wildman–Crippen MR) is 166 cm³/mol. The number of unbranched alkanes of at least 4 members (excludes halogenated alkanes) is 10. The smallest absolute Gasteiger partial charge is 0.480 e. The van der Waals surface area contributed by atoms with E-state index >= 15 is 0 Å². The Hall–Kier alpha value is -2.57. The maximum absolute atomic E-state index is 13.4. The normalized spacial score (nSPS) is 11.8. The molecule has 0 fully saturated rings. The fourth-order valence-corrected chi connectivity index (χ4v) is 5.20.